The van der Waals surface area contributed by atoms with Gasteiger partial charge in [0.2, 0.25) is 0 Å². The number of hydrogen-bond acceptors (Lipinski definition) is 2. The molecule has 2 aromatic carbocycles. The molecule has 3 aromatic rings. The van der Waals surface area contributed by atoms with Crippen LogP contribution in [0, 0.1) is 13.8 Å². The van der Waals surface area contributed by atoms with Crippen molar-refractivity contribution in [2.24, 2.45) is 0 Å². The molecular weight excluding hydrogens is 282 g/mol. The molecule has 0 atom stereocenters. The van der Waals surface area contributed by atoms with Gasteiger partial charge in [0.15, 0.2) is 0 Å². The van der Waals surface area contributed by atoms with E-state index in [4.69, 9.17) is 17.3 Å². The van der Waals surface area contributed by atoms with E-state index in [9.17, 15) is 0 Å². The number of benzene rings is 2. The number of nitrogens with two attached hydrogens (primary N) is 1. The van der Waals surface area contributed by atoms with Crippen LogP contribution in [0.25, 0.3) is 16.9 Å². The van der Waals surface area contributed by atoms with E-state index in [0.717, 1.165) is 28.1 Å². The maximum atomic E-state index is 6.22. The average Bonchev–Trinajstić information content (AvgIpc) is 2.75. The van der Waals surface area contributed by atoms with Gasteiger partial charge in [0, 0.05) is 16.1 Å². The fourth-order valence-electron chi connectivity index (χ4n) is 2.42. The van der Waals surface area contributed by atoms with Gasteiger partial charge >= 0.3 is 0 Å². The molecule has 0 saturated heterocycles. The van der Waals surface area contributed by atoms with Crippen molar-refractivity contribution in [1.82, 2.24) is 9.78 Å². The van der Waals surface area contributed by atoms with Crippen LogP contribution < -0.4 is 5.73 Å². The Bertz CT molecular complexity index is 771. The van der Waals surface area contributed by atoms with E-state index in [-0.39, 0.29) is 0 Å². The summed E-state index contributed by atoms with van der Waals surface area (Å²) in [6.45, 7) is 4.00. The van der Waals surface area contributed by atoms with Crippen molar-refractivity contribution in [1.29, 1.82) is 0 Å². The van der Waals surface area contributed by atoms with Crippen LogP contribution in [0.3, 0.4) is 0 Å². The lowest BCUT2D eigenvalue weighted by Gasteiger charge is -2.03. The summed E-state index contributed by atoms with van der Waals surface area (Å²) in [6.07, 6.45) is 0. The molecule has 0 unspecified atom stereocenters. The van der Waals surface area contributed by atoms with Crippen molar-refractivity contribution in [3.8, 4) is 16.9 Å². The van der Waals surface area contributed by atoms with E-state index < -0.39 is 0 Å². The first kappa shape index (κ1) is 13.7. The van der Waals surface area contributed by atoms with E-state index >= 15 is 0 Å². The Morgan fingerprint density at radius 3 is 2.43 bits per heavy atom. The van der Waals surface area contributed by atoms with Gasteiger partial charge in [-0.15, -0.1) is 0 Å². The van der Waals surface area contributed by atoms with Gasteiger partial charge in [-0.05, 0) is 49.7 Å². The number of aromatic nitrogens is 2. The van der Waals surface area contributed by atoms with E-state index in [1.807, 2.05) is 56.3 Å². The number of anilines is 1. The zero-order valence-corrected chi connectivity index (χ0v) is 12.7. The van der Waals surface area contributed by atoms with E-state index in [1.54, 1.807) is 4.68 Å². The Hall–Kier alpha value is -2.26. The second kappa shape index (κ2) is 5.26. The summed E-state index contributed by atoms with van der Waals surface area (Å²) in [7, 11) is 0. The summed E-state index contributed by atoms with van der Waals surface area (Å²) in [5.74, 6) is 0.647. The fourth-order valence-corrected chi connectivity index (χ4v) is 2.71. The van der Waals surface area contributed by atoms with Crippen molar-refractivity contribution in [2.75, 3.05) is 5.73 Å². The number of halogens is 1. The molecule has 1 heterocycles. The lowest BCUT2D eigenvalue weighted by molar-refractivity contribution is 0.895. The lowest BCUT2D eigenvalue weighted by atomic mass is 10.1. The minimum atomic E-state index is 0.647. The number of aryl methyl sites for hydroxylation is 1. The van der Waals surface area contributed by atoms with Gasteiger partial charge in [0.05, 0.1) is 11.4 Å². The predicted molar refractivity (Wildman–Crippen MR) is 87.9 cm³/mol. The molecule has 106 valence electrons. The smallest absolute Gasteiger partial charge is 0.130 e. The molecule has 0 fully saturated rings. The third-order valence-corrected chi connectivity index (χ3v) is 3.70. The first-order valence-electron chi connectivity index (χ1n) is 6.74. The molecule has 0 amide bonds. The minimum Gasteiger partial charge on any atom is -0.383 e. The topological polar surface area (TPSA) is 43.8 Å². The largest absolute Gasteiger partial charge is 0.383 e. The van der Waals surface area contributed by atoms with E-state index in [0.29, 0.717) is 10.8 Å². The molecule has 3 rings (SSSR count). The molecule has 4 heteroatoms. The van der Waals surface area contributed by atoms with Crippen LogP contribution in [0.1, 0.15) is 11.1 Å². The maximum Gasteiger partial charge on any atom is 0.130 e. The third kappa shape index (κ3) is 2.52. The van der Waals surface area contributed by atoms with Crippen molar-refractivity contribution < 1.29 is 0 Å². The van der Waals surface area contributed by atoms with Gasteiger partial charge in [-0.2, -0.15) is 5.10 Å². The first-order chi connectivity index (χ1) is 10.1. The molecule has 0 saturated carbocycles. The molecule has 0 spiro atoms. The number of hydrogen-bond donors (Lipinski definition) is 1. The van der Waals surface area contributed by atoms with Gasteiger partial charge in [-0.1, -0.05) is 29.8 Å². The van der Waals surface area contributed by atoms with Crippen LogP contribution in [0.15, 0.2) is 48.5 Å². The quantitative estimate of drug-likeness (QED) is 0.762. The molecule has 0 aliphatic carbocycles. The third-order valence-electron chi connectivity index (χ3n) is 3.48. The molecule has 21 heavy (non-hydrogen) atoms. The summed E-state index contributed by atoms with van der Waals surface area (Å²) in [4.78, 5) is 0. The highest BCUT2D eigenvalue weighted by atomic mass is 35.5. The molecule has 0 radical (unpaired) electrons. The zero-order valence-electron chi connectivity index (χ0n) is 12.0. The van der Waals surface area contributed by atoms with Gasteiger partial charge in [-0.3, -0.25) is 0 Å². The number of para-hydroxylation sites is 1. The summed E-state index contributed by atoms with van der Waals surface area (Å²) in [5, 5.41) is 5.37. The predicted octanol–water partition coefficient (Wildman–Crippen LogP) is 4.39. The molecule has 0 aliphatic heterocycles. The standard InChI is InChI=1S/C17H16ClN3/c1-11-8-13(10-14(18)9-11)16-12(2)17(19)21(20-16)15-6-4-3-5-7-15/h3-10H,19H2,1-2H3. The molecule has 1 aromatic heterocycles. The Morgan fingerprint density at radius 2 is 1.76 bits per heavy atom. The van der Waals surface area contributed by atoms with Crippen LogP contribution in [0.2, 0.25) is 5.02 Å². The molecular formula is C17H16ClN3. The summed E-state index contributed by atoms with van der Waals surface area (Å²) >= 11 is 6.15. The molecule has 0 bridgehead atoms. The Balaban J connectivity index is 2.17. The van der Waals surface area contributed by atoms with Gasteiger partial charge in [0.1, 0.15) is 5.82 Å². The monoisotopic (exact) mass is 297 g/mol. The zero-order chi connectivity index (χ0) is 15.0. The van der Waals surface area contributed by atoms with Crippen LogP contribution >= 0.6 is 11.6 Å². The molecule has 3 nitrogen and oxygen atoms in total. The van der Waals surface area contributed by atoms with Crippen molar-refractivity contribution >= 4 is 17.4 Å². The normalized spacial score (nSPS) is 10.8. The SMILES string of the molecule is Cc1cc(Cl)cc(-c2nn(-c3ccccc3)c(N)c2C)c1. The Kier molecular flexibility index (Phi) is 3.43. The van der Waals surface area contributed by atoms with Crippen LogP contribution in [-0.2, 0) is 0 Å². The molecule has 0 aliphatic rings. The van der Waals surface area contributed by atoms with Crippen LogP contribution in [-0.4, -0.2) is 9.78 Å². The second-order valence-electron chi connectivity index (χ2n) is 5.12. The Morgan fingerprint density at radius 1 is 1.05 bits per heavy atom. The number of nitrogen functional groups attached to an aromatic ring is 1. The Labute approximate surface area is 129 Å². The van der Waals surface area contributed by atoms with Gasteiger partial charge in [-0.25, -0.2) is 4.68 Å². The lowest BCUT2D eigenvalue weighted by Crippen LogP contribution is -2.01. The molecule has 2 N–H and O–H groups in total. The van der Waals surface area contributed by atoms with Crippen molar-refractivity contribution in [2.45, 2.75) is 13.8 Å². The average molecular weight is 298 g/mol. The van der Waals surface area contributed by atoms with Crippen molar-refractivity contribution in [3.63, 3.8) is 0 Å². The highest BCUT2D eigenvalue weighted by Gasteiger charge is 2.15. The number of nitrogens with zero attached hydrogens (tertiary/aromatic N) is 2. The van der Waals surface area contributed by atoms with Crippen LogP contribution in [0.4, 0.5) is 5.82 Å². The minimum absolute atomic E-state index is 0.647. The van der Waals surface area contributed by atoms with E-state index in [1.165, 1.54) is 0 Å². The summed E-state index contributed by atoms with van der Waals surface area (Å²) in [6, 6.07) is 15.8. The second-order valence-corrected chi connectivity index (χ2v) is 5.56. The van der Waals surface area contributed by atoms with E-state index in [2.05, 4.69) is 11.2 Å². The van der Waals surface area contributed by atoms with Gasteiger partial charge < -0.3 is 5.73 Å². The first-order valence-corrected chi connectivity index (χ1v) is 7.12. The highest BCUT2D eigenvalue weighted by Crippen LogP contribution is 2.30. The fraction of sp³-hybridized carbons (Fsp3) is 0.118. The summed E-state index contributed by atoms with van der Waals surface area (Å²) in [5.41, 5.74) is 11.1. The summed E-state index contributed by atoms with van der Waals surface area (Å²) < 4.78 is 1.76. The highest BCUT2D eigenvalue weighted by molar-refractivity contribution is 6.30. The van der Waals surface area contributed by atoms with Crippen molar-refractivity contribution in [3.05, 3.63) is 64.7 Å². The number of rotatable bonds is 2. The van der Waals surface area contributed by atoms with Crippen LogP contribution in [0.5, 0.6) is 0 Å². The van der Waals surface area contributed by atoms with Gasteiger partial charge in [0.25, 0.3) is 0 Å². The maximum absolute atomic E-state index is 6.22.